The van der Waals surface area contributed by atoms with Crippen molar-refractivity contribution in [1.29, 1.82) is 0 Å². The predicted octanol–water partition coefficient (Wildman–Crippen LogP) is 3.53. The molecule has 1 aliphatic rings. The zero-order chi connectivity index (χ0) is 18.5. The fourth-order valence-electron chi connectivity index (χ4n) is 3.61. The lowest BCUT2D eigenvalue weighted by molar-refractivity contribution is -0.127. The Kier molecular flexibility index (Phi) is 5.89. The molecule has 3 rings (SSSR count). The number of benzene rings is 2. The molecule has 1 saturated heterocycles. The SMILES string of the molecule is CCOc1ccc(CNC[C@@H]2CC(=O)N(C)[C@H]2c2ccccc2)cc1F. The van der Waals surface area contributed by atoms with E-state index in [-0.39, 0.29) is 29.4 Å². The average Bonchev–Trinajstić information content (AvgIpc) is 2.92. The van der Waals surface area contributed by atoms with Crippen LogP contribution in [0.15, 0.2) is 48.5 Å². The Morgan fingerprint density at radius 1 is 1.23 bits per heavy atom. The van der Waals surface area contributed by atoms with E-state index in [2.05, 4.69) is 17.4 Å². The average molecular weight is 356 g/mol. The summed E-state index contributed by atoms with van der Waals surface area (Å²) in [6.45, 7) is 3.53. The van der Waals surface area contributed by atoms with Crippen molar-refractivity contribution in [3.05, 3.63) is 65.5 Å². The van der Waals surface area contributed by atoms with Crippen molar-refractivity contribution in [2.24, 2.45) is 5.92 Å². The van der Waals surface area contributed by atoms with E-state index in [0.29, 0.717) is 26.1 Å². The van der Waals surface area contributed by atoms with Crippen LogP contribution < -0.4 is 10.1 Å². The second kappa shape index (κ2) is 8.32. The van der Waals surface area contributed by atoms with Crippen molar-refractivity contribution in [2.45, 2.75) is 25.9 Å². The van der Waals surface area contributed by atoms with Crippen molar-refractivity contribution in [1.82, 2.24) is 10.2 Å². The second-order valence-electron chi connectivity index (χ2n) is 6.65. The lowest BCUT2D eigenvalue weighted by Gasteiger charge is -2.25. The largest absolute Gasteiger partial charge is 0.491 e. The summed E-state index contributed by atoms with van der Waals surface area (Å²) in [6, 6.07) is 15.2. The van der Waals surface area contributed by atoms with Crippen LogP contribution in [0.2, 0.25) is 0 Å². The fraction of sp³-hybridized carbons (Fsp3) is 0.381. The van der Waals surface area contributed by atoms with Crippen molar-refractivity contribution < 1.29 is 13.9 Å². The molecule has 0 saturated carbocycles. The third kappa shape index (κ3) is 4.05. The maximum Gasteiger partial charge on any atom is 0.223 e. The molecule has 1 amide bonds. The maximum absolute atomic E-state index is 13.9. The van der Waals surface area contributed by atoms with Crippen LogP contribution in [0.3, 0.4) is 0 Å². The molecule has 2 atom stereocenters. The van der Waals surface area contributed by atoms with Gasteiger partial charge in [0.1, 0.15) is 0 Å². The number of hydrogen-bond acceptors (Lipinski definition) is 3. The van der Waals surface area contributed by atoms with Gasteiger partial charge in [0.05, 0.1) is 12.6 Å². The Bertz CT molecular complexity index is 751. The highest BCUT2D eigenvalue weighted by atomic mass is 19.1. The molecule has 0 spiro atoms. The van der Waals surface area contributed by atoms with Gasteiger partial charge in [-0.15, -0.1) is 0 Å². The molecule has 0 unspecified atom stereocenters. The molecule has 26 heavy (non-hydrogen) atoms. The van der Waals surface area contributed by atoms with Crippen molar-refractivity contribution >= 4 is 5.91 Å². The third-order valence-electron chi connectivity index (χ3n) is 4.87. The van der Waals surface area contributed by atoms with E-state index in [1.165, 1.54) is 6.07 Å². The number of likely N-dealkylation sites (tertiary alicyclic amines) is 1. The number of nitrogens with one attached hydrogen (secondary N) is 1. The van der Waals surface area contributed by atoms with Gasteiger partial charge in [0, 0.05) is 32.5 Å². The predicted molar refractivity (Wildman–Crippen MR) is 99.3 cm³/mol. The minimum absolute atomic E-state index is 0.0771. The fourth-order valence-corrected chi connectivity index (χ4v) is 3.61. The van der Waals surface area contributed by atoms with Crippen LogP contribution in [0.25, 0.3) is 0 Å². The van der Waals surface area contributed by atoms with Crippen LogP contribution in [0.1, 0.15) is 30.5 Å². The van der Waals surface area contributed by atoms with Crippen LogP contribution in [-0.4, -0.2) is 31.0 Å². The first-order valence-corrected chi connectivity index (χ1v) is 9.02. The van der Waals surface area contributed by atoms with E-state index in [9.17, 15) is 9.18 Å². The van der Waals surface area contributed by atoms with Gasteiger partial charge in [-0.25, -0.2) is 4.39 Å². The minimum Gasteiger partial charge on any atom is -0.491 e. The van der Waals surface area contributed by atoms with Gasteiger partial charge in [-0.1, -0.05) is 36.4 Å². The second-order valence-corrected chi connectivity index (χ2v) is 6.65. The van der Waals surface area contributed by atoms with Crippen molar-refractivity contribution in [3.8, 4) is 5.75 Å². The van der Waals surface area contributed by atoms with Gasteiger partial charge >= 0.3 is 0 Å². The first-order chi connectivity index (χ1) is 12.6. The highest BCUT2D eigenvalue weighted by molar-refractivity contribution is 5.79. The van der Waals surface area contributed by atoms with Gasteiger partial charge in [0.2, 0.25) is 5.91 Å². The summed E-state index contributed by atoms with van der Waals surface area (Å²) in [4.78, 5) is 14.0. The molecule has 1 fully saturated rings. The number of hydrogen-bond donors (Lipinski definition) is 1. The van der Waals surface area contributed by atoms with Gasteiger partial charge in [0.25, 0.3) is 0 Å². The van der Waals surface area contributed by atoms with Crippen LogP contribution >= 0.6 is 0 Å². The zero-order valence-corrected chi connectivity index (χ0v) is 15.2. The highest BCUT2D eigenvalue weighted by Gasteiger charge is 2.37. The molecule has 2 aromatic carbocycles. The number of halogens is 1. The molecule has 1 N–H and O–H groups in total. The Labute approximate surface area is 154 Å². The normalized spacial score (nSPS) is 19.8. The summed E-state index contributed by atoms with van der Waals surface area (Å²) in [5.74, 6) is 0.299. The number of carbonyl (C=O) groups is 1. The van der Waals surface area contributed by atoms with Crippen LogP contribution in [-0.2, 0) is 11.3 Å². The lowest BCUT2D eigenvalue weighted by atomic mass is 9.93. The van der Waals surface area contributed by atoms with E-state index < -0.39 is 0 Å². The molecule has 0 radical (unpaired) electrons. The summed E-state index contributed by atoms with van der Waals surface area (Å²) >= 11 is 0. The molecule has 0 aliphatic carbocycles. The van der Waals surface area contributed by atoms with E-state index >= 15 is 0 Å². The molecule has 5 heteroatoms. The van der Waals surface area contributed by atoms with Gasteiger partial charge in [0.15, 0.2) is 11.6 Å². The summed E-state index contributed by atoms with van der Waals surface area (Å²) in [7, 11) is 1.86. The van der Waals surface area contributed by atoms with Crippen LogP contribution in [0.5, 0.6) is 5.75 Å². The Hall–Kier alpha value is -2.40. The summed E-state index contributed by atoms with van der Waals surface area (Å²) < 4.78 is 19.2. The Morgan fingerprint density at radius 3 is 2.69 bits per heavy atom. The molecule has 0 aromatic heterocycles. The van der Waals surface area contributed by atoms with Crippen molar-refractivity contribution in [3.63, 3.8) is 0 Å². The highest BCUT2D eigenvalue weighted by Crippen LogP contribution is 2.36. The third-order valence-corrected chi connectivity index (χ3v) is 4.87. The molecular formula is C21H25FN2O2. The maximum atomic E-state index is 13.9. The van der Waals surface area contributed by atoms with Gasteiger partial charge in [-0.05, 0) is 30.2 Å². The summed E-state index contributed by atoms with van der Waals surface area (Å²) in [5, 5.41) is 3.38. The molecule has 4 nitrogen and oxygen atoms in total. The molecular weight excluding hydrogens is 331 g/mol. The van der Waals surface area contributed by atoms with Gasteiger partial charge in [-0.3, -0.25) is 4.79 Å². The smallest absolute Gasteiger partial charge is 0.223 e. The number of ether oxygens (including phenoxy) is 1. The van der Waals surface area contributed by atoms with Crippen molar-refractivity contribution in [2.75, 3.05) is 20.2 Å². The van der Waals surface area contributed by atoms with E-state index in [4.69, 9.17) is 4.74 Å². The quantitative estimate of drug-likeness (QED) is 0.825. The number of amides is 1. The molecule has 2 aromatic rings. The molecule has 1 heterocycles. The van der Waals surface area contributed by atoms with Crippen LogP contribution in [0, 0.1) is 11.7 Å². The number of nitrogens with zero attached hydrogens (tertiary/aromatic N) is 1. The molecule has 1 aliphatic heterocycles. The molecule has 0 bridgehead atoms. The first kappa shape index (κ1) is 18.4. The minimum atomic E-state index is -0.343. The Morgan fingerprint density at radius 2 is 2.00 bits per heavy atom. The topological polar surface area (TPSA) is 41.6 Å². The summed E-state index contributed by atoms with van der Waals surface area (Å²) in [6.07, 6.45) is 0.528. The number of carbonyl (C=O) groups excluding carboxylic acids is 1. The number of rotatable bonds is 7. The lowest BCUT2D eigenvalue weighted by Crippen LogP contribution is -2.29. The first-order valence-electron chi connectivity index (χ1n) is 9.02. The summed E-state index contributed by atoms with van der Waals surface area (Å²) in [5.41, 5.74) is 2.01. The zero-order valence-electron chi connectivity index (χ0n) is 15.2. The Balaban J connectivity index is 1.61. The van der Waals surface area contributed by atoms with Gasteiger partial charge in [-0.2, -0.15) is 0 Å². The van der Waals surface area contributed by atoms with Gasteiger partial charge < -0.3 is 15.0 Å². The van der Waals surface area contributed by atoms with E-state index in [0.717, 1.165) is 11.1 Å². The monoisotopic (exact) mass is 356 g/mol. The van der Waals surface area contributed by atoms with E-state index in [1.54, 1.807) is 6.07 Å². The van der Waals surface area contributed by atoms with E-state index in [1.807, 2.05) is 43.1 Å². The van der Waals surface area contributed by atoms with Crippen LogP contribution in [0.4, 0.5) is 4.39 Å². The molecule has 138 valence electrons. The standard InChI is InChI=1S/C21H25FN2O2/c1-3-26-19-10-9-15(11-18(19)22)13-23-14-17-12-20(25)24(2)21(17)16-7-5-4-6-8-16/h4-11,17,21,23H,3,12-14H2,1-2H3/t17-,21-/m0/s1.